The van der Waals surface area contributed by atoms with Gasteiger partial charge in [0.15, 0.2) is 6.17 Å². The summed E-state index contributed by atoms with van der Waals surface area (Å²) in [6, 6.07) is 7.85. The Hall–Kier alpha value is -1.01. The van der Waals surface area contributed by atoms with E-state index in [2.05, 4.69) is 10.1 Å². The zero-order chi connectivity index (χ0) is 13.1. The van der Waals surface area contributed by atoms with Gasteiger partial charge in [-0.25, -0.2) is 17.4 Å². The first-order valence-corrected chi connectivity index (χ1v) is 6.47. The molecule has 17 heavy (non-hydrogen) atoms. The molecule has 0 aliphatic heterocycles. The number of hydrogen-bond donors (Lipinski definition) is 0. The van der Waals surface area contributed by atoms with Crippen LogP contribution in [0.2, 0.25) is 0 Å². The van der Waals surface area contributed by atoms with Crippen molar-refractivity contribution in [3.05, 3.63) is 30.3 Å². The molecule has 1 aromatic rings. The summed E-state index contributed by atoms with van der Waals surface area (Å²) >= 11 is 0. The smallest absolute Gasteiger partial charge is 0.278 e. The second-order valence-electron chi connectivity index (χ2n) is 3.64. The first kappa shape index (κ1) is 14.1. The number of halogens is 3. The van der Waals surface area contributed by atoms with Crippen LogP contribution in [0.1, 0.15) is 6.92 Å². The van der Waals surface area contributed by atoms with Crippen LogP contribution in [-0.4, -0.2) is 28.8 Å². The van der Waals surface area contributed by atoms with E-state index in [1.54, 1.807) is 18.2 Å². The molecule has 2 unspecified atom stereocenters. The van der Waals surface area contributed by atoms with Crippen molar-refractivity contribution in [3.8, 4) is 0 Å². The quantitative estimate of drug-likeness (QED) is 0.766. The summed E-state index contributed by atoms with van der Waals surface area (Å²) in [6.07, 6.45) is -2.51. The van der Waals surface area contributed by atoms with Crippen LogP contribution in [0.25, 0.3) is 0 Å². The molecule has 0 saturated carbocycles. The van der Waals surface area contributed by atoms with Gasteiger partial charge in [-0.15, -0.1) is 0 Å². The van der Waals surface area contributed by atoms with E-state index in [-0.39, 0.29) is 4.90 Å². The van der Waals surface area contributed by atoms with Gasteiger partial charge in [0.05, 0.1) is 4.90 Å². The molecule has 0 heterocycles. The first-order valence-electron chi connectivity index (χ1n) is 4.82. The molecule has 0 aliphatic carbocycles. The molecule has 6 heteroatoms. The van der Waals surface area contributed by atoms with Crippen LogP contribution in [0.5, 0.6) is 0 Å². The van der Waals surface area contributed by atoms with Crippen LogP contribution in [0.4, 0.5) is 13.2 Å². The molecule has 0 fully saturated rings. The highest BCUT2D eigenvalue weighted by Crippen LogP contribution is 2.22. The topological polar surface area (TPSA) is 26.3 Å². The molecule has 1 aromatic carbocycles. The van der Waals surface area contributed by atoms with Crippen molar-refractivity contribution in [2.24, 2.45) is 0 Å². The predicted molar refractivity (Wildman–Crippen MR) is 61.4 cm³/mol. The maximum atomic E-state index is 12.9. The van der Waals surface area contributed by atoms with Gasteiger partial charge in [-0.3, -0.25) is 4.18 Å². The van der Waals surface area contributed by atoms with E-state index in [1.807, 2.05) is 0 Å². The number of hydrogen-bond acceptors (Lipinski definition) is 2. The van der Waals surface area contributed by atoms with Crippen LogP contribution in [-0.2, 0) is 14.0 Å². The van der Waals surface area contributed by atoms with Gasteiger partial charge in [0.1, 0.15) is 16.4 Å². The Morgan fingerprint density at radius 2 is 1.94 bits per heavy atom. The molecule has 0 amide bonds. The first-order chi connectivity index (χ1) is 7.73. The lowest BCUT2D eigenvalue weighted by molar-refractivity contribution is -0.0682. The average Bonchev–Trinajstić information content (AvgIpc) is 2.26. The van der Waals surface area contributed by atoms with Crippen molar-refractivity contribution in [2.75, 3.05) is 6.61 Å². The fourth-order valence-electron chi connectivity index (χ4n) is 1.01. The van der Waals surface area contributed by atoms with Crippen molar-refractivity contribution in [1.82, 2.24) is 0 Å². The normalized spacial score (nSPS) is 17.4. The molecule has 96 valence electrons. The summed E-state index contributed by atoms with van der Waals surface area (Å²) in [4.78, 5) is 0.242. The summed E-state index contributed by atoms with van der Waals surface area (Å²) in [5.74, 6) is -0.233. The fraction of sp³-hybridized carbons (Fsp3) is 0.364. The van der Waals surface area contributed by atoms with Gasteiger partial charge in [-0.2, -0.15) is 0 Å². The Labute approximate surface area is 98.6 Å². The van der Waals surface area contributed by atoms with Gasteiger partial charge in [-0.1, -0.05) is 18.2 Å². The molecule has 0 aliphatic rings. The van der Waals surface area contributed by atoms with Crippen molar-refractivity contribution in [2.45, 2.75) is 23.9 Å². The lowest BCUT2D eigenvalue weighted by atomic mass is 10.2. The van der Waals surface area contributed by atoms with E-state index in [0.717, 1.165) is 0 Å². The minimum Gasteiger partial charge on any atom is -0.291 e. The van der Waals surface area contributed by atoms with Crippen molar-refractivity contribution >= 4 is 15.7 Å². The summed E-state index contributed by atoms with van der Waals surface area (Å²) in [6.45, 7) is -0.519. The third-order valence-corrected chi connectivity index (χ3v) is 3.56. The highest BCUT2D eigenvalue weighted by Gasteiger charge is 2.35. The highest BCUT2D eigenvalue weighted by atomic mass is 32.2. The molecule has 0 aromatic heterocycles. The summed E-state index contributed by atoms with van der Waals surface area (Å²) < 4.78 is 54.5. The molecular formula is C11H13F3O2S. The molecule has 0 saturated heterocycles. The number of rotatable bonds is 5. The largest absolute Gasteiger partial charge is 0.291 e. The van der Waals surface area contributed by atoms with Crippen LogP contribution in [0.15, 0.2) is 35.2 Å². The molecule has 1 rings (SSSR count). The zero-order valence-corrected chi connectivity index (χ0v) is 10.1. The second kappa shape index (κ2) is 5.10. The summed E-state index contributed by atoms with van der Waals surface area (Å²) in [7, 11) is -3.19. The van der Waals surface area contributed by atoms with Gasteiger partial charge < -0.3 is 0 Å². The summed E-state index contributed by atoms with van der Waals surface area (Å²) in [5.41, 5.74) is 0. The van der Waals surface area contributed by atoms with Crippen molar-refractivity contribution in [3.63, 3.8) is 0 Å². The number of benzene rings is 1. The maximum Gasteiger partial charge on any atom is 0.278 e. The minimum absolute atomic E-state index is 0.242. The maximum absolute atomic E-state index is 12.9. The number of alkyl halides is 3. The van der Waals surface area contributed by atoms with Gasteiger partial charge in [0.2, 0.25) is 0 Å². The Balaban J connectivity index is 2.70. The Morgan fingerprint density at radius 1 is 1.41 bits per heavy atom. The molecular weight excluding hydrogens is 253 g/mol. The third kappa shape index (κ3) is 4.05. The summed E-state index contributed by atoms with van der Waals surface area (Å²) in [5, 5.41) is 0. The van der Waals surface area contributed by atoms with Crippen LogP contribution in [0, 0.1) is 0 Å². The van der Waals surface area contributed by atoms with Crippen LogP contribution in [0.3, 0.4) is 0 Å². The standard InChI is InChI=1S/C11H13F3O2S/c1-11(13,14)10(12)8-16-17(2,15)9-6-4-3-5-7-9/h3-7,10H,2,8H2,1H3. The Kier molecular flexibility index (Phi) is 4.21. The monoisotopic (exact) mass is 266 g/mol. The zero-order valence-electron chi connectivity index (χ0n) is 9.24. The lowest BCUT2D eigenvalue weighted by Crippen LogP contribution is -2.31. The van der Waals surface area contributed by atoms with Gasteiger partial charge in [-0.05, 0) is 18.0 Å². The van der Waals surface area contributed by atoms with Gasteiger partial charge in [0.25, 0.3) is 5.92 Å². The van der Waals surface area contributed by atoms with Crippen molar-refractivity contribution in [1.29, 1.82) is 0 Å². The fourth-order valence-corrected chi connectivity index (χ4v) is 2.06. The molecule has 2 nitrogen and oxygen atoms in total. The van der Waals surface area contributed by atoms with E-state index in [9.17, 15) is 17.4 Å². The third-order valence-electron chi connectivity index (χ3n) is 2.06. The SMILES string of the molecule is C=S(=O)(OCC(F)C(C)(F)F)c1ccccc1. The van der Waals surface area contributed by atoms with E-state index in [1.165, 1.54) is 12.1 Å². The van der Waals surface area contributed by atoms with E-state index >= 15 is 0 Å². The highest BCUT2D eigenvalue weighted by molar-refractivity contribution is 7.96. The predicted octanol–water partition coefficient (Wildman–Crippen LogP) is 2.69. The van der Waals surface area contributed by atoms with E-state index in [4.69, 9.17) is 0 Å². The van der Waals surface area contributed by atoms with Gasteiger partial charge >= 0.3 is 0 Å². The molecule has 2 atom stereocenters. The van der Waals surface area contributed by atoms with Crippen LogP contribution < -0.4 is 0 Å². The van der Waals surface area contributed by atoms with Crippen molar-refractivity contribution < 1.29 is 21.6 Å². The van der Waals surface area contributed by atoms with Gasteiger partial charge in [0, 0.05) is 6.92 Å². The van der Waals surface area contributed by atoms with E-state index < -0.39 is 28.5 Å². The average molecular weight is 266 g/mol. The van der Waals surface area contributed by atoms with Crippen LogP contribution >= 0.6 is 0 Å². The minimum atomic E-state index is -3.52. The Bertz CT molecular complexity index is 451. The molecule has 0 spiro atoms. The molecule has 0 N–H and O–H groups in total. The second-order valence-corrected chi connectivity index (χ2v) is 5.57. The van der Waals surface area contributed by atoms with E-state index in [0.29, 0.717) is 6.92 Å². The molecule has 0 bridgehead atoms. The Morgan fingerprint density at radius 3 is 2.41 bits per heavy atom. The lowest BCUT2D eigenvalue weighted by Gasteiger charge is -2.17. The molecule has 0 radical (unpaired) electrons.